The van der Waals surface area contributed by atoms with Crippen LogP contribution in [0.15, 0.2) is 39.5 Å². The van der Waals surface area contributed by atoms with Crippen LogP contribution in [0.5, 0.6) is 0 Å². The highest BCUT2D eigenvalue weighted by atomic mass is 79.9. The Balaban J connectivity index is 2.24. The van der Waals surface area contributed by atoms with Gasteiger partial charge in [-0.3, -0.25) is 0 Å². The molecule has 0 radical (unpaired) electrons. The fourth-order valence-corrected chi connectivity index (χ4v) is 3.35. The summed E-state index contributed by atoms with van der Waals surface area (Å²) in [6, 6.07) is 10.7. The standard InChI is InChI=1S/C15H16BrClS/c1-15(2,3)12-6-4-10(5-7-12)14(17)11-8-13(16)18-9-11/h4-9,14H,1-3H3. The van der Waals surface area contributed by atoms with Gasteiger partial charge >= 0.3 is 0 Å². The number of hydrogen-bond donors (Lipinski definition) is 0. The van der Waals surface area contributed by atoms with Crippen LogP contribution in [0.4, 0.5) is 0 Å². The molecule has 1 aromatic heterocycles. The first-order chi connectivity index (χ1) is 8.38. The molecule has 0 saturated carbocycles. The van der Waals surface area contributed by atoms with Gasteiger partial charge in [0.05, 0.1) is 9.16 Å². The Hall–Kier alpha value is -0.310. The summed E-state index contributed by atoms with van der Waals surface area (Å²) in [6.07, 6.45) is 0. The van der Waals surface area contributed by atoms with Gasteiger partial charge in [0.2, 0.25) is 0 Å². The van der Waals surface area contributed by atoms with Crippen LogP contribution in [0, 0.1) is 0 Å². The Labute approximate surface area is 126 Å². The Kier molecular flexibility index (Phi) is 4.20. The van der Waals surface area contributed by atoms with Crippen LogP contribution in [0.3, 0.4) is 0 Å². The molecule has 0 fully saturated rings. The summed E-state index contributed by atoms with van der Waals surface area (Å²) in [5.74, 6) is 0. The predicted molar refractivity (Wildman–Crippen MR) is 84.9 cm³/mol. The molecule has 18 heavy (non-hydrogen) atoms. The highest BCUT2D eigenvalue weighted by Gasteiger charge is 2.16. The lowest BCUT2D eigenvalue weighted by Crippen LogP contribution is -2.10. The average Bonchev–Trinajstić information content (AvgIpc) is 2.74. The summed E-state index contributed by atoms with van der Waals surface area (Å²) in [5.41, 5.74) is 3.82. The van der Waals surface area contributed by atoms with E-state index in [0.29, 0.717) is 0 Å². The molecular formula is C15H16BrClS. The van der Waals surface area contributed by atoms with Gasteiger partial charge in [0.25, 0.3) is 0 Å². The SMILES string of the molecule is CC(C)(C)c1ccc(C(Cl)c2csc(Br)c2)cc1. The minimum Gasteiger partial charge on any atom is -0.136 e. The van der Waals surface area contributed by atoms with Crippen molar-refractivity contribution in [2.75, 3.05) is 0 Å². The van der Waals surface area contributed by atoms with Gasteiger partial charge in [-0.05, 0) is 49.5 Å². The summed E-state index contributed by atoms with van der Waals surface area (Å²) in [7, 11) is 0. The van der Waals surface area contributed by atoms with Crippen LogP contribution in [0.25, 0.3) is 0 Å². The molecule has 1 unspecified atom stereocenters. The maximum absolute atomic E-state index is 6.50. The fraction of sp³-hybridized carbons (Fsp3) is 0.333. The molecule has 1 heterocycles. The molecule has 0 nitrogen and oxygen atoms in total. The molecule has 0 aliphatic carbocycles. The van der Waals surface area contributed by atoms with Crippen LogP contribution in [-0.4, -0.2) is 0 Å². The van der Waals surface area contributed by atoms with E-state index in [1.807, 2.05) is 0 Å². The number of benzene rings is 1. The molecule has 0 saturated heterocycles. The fourth-order valence-electron chi connectivity index (χ4n) is 1.80. The minimum atomic E-state index is -0.0680. The van der Waals surface area contributed by atoms with Crippen LogP contribution in [0.2, 0.25) is 0 Å². The van der Waals surface area contributed by atoms with E-state index in [9.17, 15) is 0 Å². The second-order valence-electron chi connectivity index (χ2n) is 5.42. The minimum absolute atomic E-state index is 0.0680. The molecule has 0 bridgehead atoms. The molecule has 0 spiro atoms. The van der Waals surface area contributed by atoms with Crippen molar-refractivity contribution in [3.05, 3.63) is 56.2 Å². The van der Waals surface area contributed by atoms with Crippen LogP contribution in [-0.2, 0) is 5.41 Å². The van der Waals surface area contributed by atoms with E-state index in [1.54, 1.807) is 11.3 Å². The van der Waals surface area contributed by atoms with Crippen LogP contribution >= 0.6 is 38.9 Å². The zero-order valence-corrected chi connectivity index (χ0v) is 13.9. The van der Waals surface area contributed by atoms with Gasteiger partial charge in [0.15, 0.2) is 0 Å². The van der Waals surface area contributed by atoms with E-state index in [0.717, 1.165) is 14.9 Å². The van der Waals surface area contributed by atoms with E-state index in [1.165, 1.54) is 5.56 Å². The third-order valence-electron chi connectivity index (χ3n) is 2.95. The van der Waals surface area contributed by atoms with Crippen molar-refractivity contribution in [3.8, 4) is 0 Å². The normalized spacial score (nSPS) is 13.6. The summed E-state index contributed by atoms with van der Waals surface area (Å²) in [6.45, 7) is 6.66. The summed E-state index contributed by atoms with van der Waals surface area (Å²) in [5, 5.41) is 2.03. The van der Waals surface area contributed by atoms with Crippen molar-refractivity contribution in [2.45, 2.75) is 31.6 Å². The molecule has 3 heteroatoms. The van der Waals surface area contributed by atoms with Crippen molar-refractivity contribution >= 4 is 38.9 Å². The largest absolute Gasteiger partial charge is 0.136 e. The van der Waals surface area contributed by atoms with Crippen molar-refractivity contribution in [1.82, 2.24) is 0 Å². The molecule has 2 aromatic rings. The quantitative estimate of drug-likeness (QED) is 0.575. The van der Waals surface area contributed by atoms with E-state index >= 15 is 0 Å². The topological polar surface area (TPSA) is 0 Å². The average molecular weight is 344 g/mol. The Bertz CT molecular complexity index is 522. The monoisotopic (exact) mass is 342 g/mol. The van der Waals surface area contributed by atoms with Gasteiger partial charge in [-0.1, -0.05) is 45.0 Å². The van der Waals surface area contributed by atoms with Gasteiger partial charge in [0, 0.05) is 0 Å². The van der Waals surface area contributed by atoms with Crippen molar-refractivity contribution < 1.29 is 0 Å². The smallest absolute Gasteiger partial charge is 0.0843 e. The van der Waals surface area contributed by atoms with Crippen molar-refractivity contribution in [1.29, 1.82) is 0 Å². The summed E-state index contributed by atoms with van der Waals surface area (Å²) < 4.78 is 1.12. The second-order valence-corrected chi connectivity index (χ2v) is 8.15. The maximum Gasteiger partial charge on any atom is 0.0843 e. The van der Waals surface area contributed by atoms with Crippen molar-refractivity contribution in [2.24, 2.45) is 0 Å². The third kappa shape index (κ3) is 3.17. The summed E-state index contributed by atoms with van der Waals surface area (Å²) >= 11 is 11.6. The molecular weight excluding hydrogens is 328 g/mol. The first kappa shape index (κ1) is 14.1. The van der Waals surface area contributed by atoms with Gasteiger partial charge in [-0.15, -0.1) is 22.9 Å². The zero-order valence-electron chi connectivity index (χ0n) is 10.7. The highest BCUT2D eigenvalue weighted by molar-refractivity contribution is 9.11. The molecule has 0 amide bonds. The molecule has 96 valence electrons. The molecule has 0 aliphatic rings. The first-order valence-corrected chi connectivity index (χ1v) is 7.97. The third-order valence-corrected chi connectivity index (χ3v) is 4.98. The second kappa shape index (κ2) is 5.36. The lowest BCUT2D eigenvalue weighted by Gasteiger charge is -2.19. The molecule has 0 N–H and O–H groups in total. The van der Waals surface area contributed by atoms with E-state index in [-0.39, 0.29) is 10.8 Å². The Morgan fingerprint density at radius 3 is 2.17 bits per heavy atom. The number of hydrogen-bond acceptors (Lipinski definition) is 1. The number of thiophene rings is 1. The molecule has 1 atom stereocenters. The van der Waals surface area contributed by atoms with Gasteiger partial charge in [0.1, 0.15) is 0 Å². The number of alkyl halides is 1. The lowest BCUT2D eigenvalue weighted by atomic mass is 9.86. The van der Waals surface area contributed by atoms with Gasteiger partial charge in [-0.25, -0.2) is 0 Å². The van der Waals surface area contributed by atoms with E-state index in [4.69, 9.17) is 11.6 Å². The first-order valence-electron chi connectivity index (χ1n) is 5.86. The van der Waals surface area contributed by atoms with Crippen LogP contribution < -0.4 is 0 Å². The van der Waals surface area contributed by atoms with E-state index < -0.39 is 0 Å². The van der Waals surface area contributed by atoms with E-state index in [2.05, 4.69) is 72.4 Å². The number of rotatable bonds is 2. The molecule has 0 aliphatic heterocycles. The lowest BCUT2D eigenvalue weighted by molar-refractivity contribution is 0.590. The maximum atomic E-state index is 6.50. The Morgan fingerprint density at radius 1 is 1.11 bits per heavy atom. The Morgan fingerprint density at radius 2 is 1.72 bits per heavy atom. The molecule has 2 rings (SSSR count). The van der Waals surface area contributed by atoms with Gasteiger partial charge in [-0.2, -0.15) is 0 Å². The highest BCUT2D eigenvalue weighted by Crippen LogP contribution is 2.34. The zero-order chi connectivity index (χ0) is 13.3. The predicted octanol–water partition coefficient (Wildman–Crippen LogP) is 6.14. The molecule has 1 aromatic carbocycles. The van der Waals surface area contributed by atoms with Gasteiger partial charge < -0.3 is 0 Å². The summed E-state index contributed by atoms with van der Waals surface area (Å²) in [4.78, 5) is 0. The number of halogens is 2. The van der Waals surface area contributed by atoms with Crippen molar-refractivity contribution in [3.63, 3.8) is 0 Å². The van der Waals surface area contributed by atoms with Crippen LogP contribution in [0.1, 0.15) is 42.8 Å².